The van der Waals surface area contributed by atoms with Crippen LogP contribution in [0.2, 0.25) is 0 Å². The molecule has 0 saturated heterocycles. The second-order valence-corrected chi connectivity index (χ2v) is 2.77. The molecule has 0 unspecified atom stereocenters. The van der Waals surface area contributed by atoms with Crippen molar-refractivity contribution in [3.8, 4) is 11.8 Å². The fourth-order valence-corrected chi connectivity index (χ4v) is 1.06. The molecule has 2 N–H and O–H groups in total. The SMILES string of the molecule is N#Cc1nc(N)cc(OC(F)(F)F)c1C(F)F. The zero-order valence-electron chi connectivity index (χ0n) is 7.92. The third kappa shape index (κ3) is 3.17. The van der Waals surface area contributed by atoms with E-state index in [4.69, 9.17) is 11.0 Å². The molecular weight excluding hydrogens is 249 g/mol. The number of nitrogen functional groups attached to an aromatic ring is 1. The van der Waals surface area contributed by atoms with Crippen LogP contribution in [0.25, 0.3) is 0 Å². The van der Waals surface area contributed by atoms with Crippen molar-refractivity contribution in [1.29, 1.82) is 5.26 Å². The molecular formula is C8H4F5N3O. The van der Waals surface area contributed by atoms with Crippen molar-refractivity contribution in [3.05, 3.63) is 17.3 Å². The van der Waals surface area contributed by atoms with Gasteiger partial charge in [-0.15, -0.1) is 13.2 Å². The quantitative estimate of drug-likeness (QED) is 0.821. The van der Waals surface area contributed by atoms with Crippen molar-refractivity contribution in [2.75, 3.05) is 5.73 Å². The van der Waals surface area contributed by atoms with Gasteiger partial charge >= 0.3 is 6.36 Å². The molecule has 0 atom stereocenters. The molecule has 17 heavy (non-hydrogen) atoms. The highest BCUT2D eigenvalue weighted by molar-refractivity contribution is 5.50. The van der Waals surface area contributed by atoms with Crippen molar-refractivity contribution in [3.63, 3.8) is 0 Å². The van der Waals surface area contributed by atoms with Gasteiger partial charge < -0.3 is 10.5 Å². The highest BCUT2D eigenvalue weighted by atomic mass is 19.4. The Kier molecular flexibility index (Phi) is 3.36. The maximum absolute atomic E-state index is 12.5. The van der Waals surface area contributed by atoms with E-state index in [1.165, 1.54) is 6.07 Å². The smallest absolute Gasteiger partial charge is 0.405 e. The first kappa shape index (κ1) is 13.0. The fraction of sp³-hybridized carbons (Fsp3) is 0.250. The van der Waals surface area contributed by atoms with E-state index in [0.29, 0.717) is 6.07 Å². The van der Waals surface area contributed by atoms with Gasteiger partial charge in [0.2, 0.25) is 0 Å². The summed E-state index contributed by atoms with van der Waals surface area (Å²) in [6.07, 6.45) is -8.50. The molecule has 0 aromatic carbocycles. The van der Waals surface area contributed by atoms with Crippen molar-refractivity contribution < 1.29 is 26.7 Å². The summed E-state index contributed by atoms with van der Waals surface area (Å²) in [6, 6.07) is 1.71. The van der Waals surface area contributed by atoms with E-state index in [9.17, 15) is 22.0 Å². The first-order valence-electron chi connectivity index (χ1n) is 3.99. The van der Waals surface area contributed by atoms with Crippen LogP contribution < -0.4 is 10.5 Å². The summed E-state index contributed by atoms with van der Waals surface area (Å²) in [5, 5.41) is 8.48. The Bertz CT molecular complexity index is 465. The van der Waals surface area contributed by atoms with Crippen LogP contribution in [-0.4, -0.2) is 11.3 Å². The Morgan fingerprint density at radius 3 is 2.41 bits per heavy atom. The lowest BCUT2D eigenvalue weighted by Gasteiger charge is -2.13. The predicted molar refractivity (Wildman–Crippen MR) is 45.0 cm³/mol. The lowest BCUT2D eigenvalue weighted by atomic mass is 10.2. The first-order valence-corrected chi connectivity index (χ1v) is 3.99. The molecule has 9 heteroatoms. The number of pyridine rings is 1. The minimum Gasteiger partial charge on any atom is -0.405 e. The maximum Gasteiger partial charge on any atom is 0.573 e. The van der Waals surface area contributed by atoms with E-state index in [0.717, 1.165) is 0 Å². The molecule has 0 radical (unpaired) electrons. The zero-order valence-corrected chi connectivity index (χ0v) is 7.92. The summed E-state index contributed by atoms with van der Waals surface area (Å²) >= 11 is 0. The Balaban J connectivity index is 3.37. The van der Waals surface area contributed by atoms with Crippen molar-refractivity contribution >= 4 is 5.82 Å². The standard InChI is InChI=1S/C8H4F5N3O/c9-7(10)6-3(2-14)16-5(15)1-4(6)17-8(11,12)13/h1,7H,(H2,15,16). The Morgan fingerprint density at radius 2 is 2.00 bits per heavy atom. The average Bonchev–Trinajstić information content (AvgIpc) is 2.12. The largest absolute Gasteiger partial charge is 0.573 e. The van der Waals surface area contributed by atoms with E-state index in [-0.39, 0.29) is 0 Å². The lowest BCUT2D eigenvalue weighted by molar-refractivity contribution is -0.275. The van der Waals surface area contributed by atoms with Gasteiger partial charge in [0.1, 0.15) is 17.6 Å². The summed E-state index contributed by atoms with van der Waals surface area (Å²) in [7, 11) is 0. The van der Waals surface area contributed by atoms with Gasteiger partial charge in [-0.2, -0.15) is 5.26 Å². The van der Waals surface area contributed by atoms with Crippen LogP contribution in [0.4, 0.5) is 27.8 Å². The Morgan fingerprint density at radius 1 is 1.41 bits per heavy atom. The van der Waals surface area contributed by atoms with E-state index < -0.39 is 35.6 Å². The van der Waals surface area contributed by atoms with Gasteiger partial charge in [-0.25, -0.2) is 13.8 Å². The average molecular weight is 253 g/mol. The number of nitrogens with zero attached hydrogens (tertiary/aromatic N) is 2. The summed E-state index contributed by atoms with van der Waals surface area (Å²) in [6.45, 7) is 0. The second kappa shape index (κ2) is 4.40. The number of anilines is 1. The molecule has 0 bridgehead atoms. The fourth-order valence-electron chi connectivity index (χ4n) is 1.06. The molecule has 0 spiro atoms. The van der Waals surface area contributed by atoms with Crippen LogP contribution >= 0.6 is 0 Å². The van der Waals surface area contributed by atoms with Crippen LogP contribution in [0.5, 0.6) is 5.75 Å². The summed E-state index contributed by atoms with van der Waals surface area (Å²) in [5.74, 6) is -1.75. The summed E-state index contributed by atoms with van der Waals surface area (Å²) in [5.41, 5.74) is 2.93. The molecule has 1 rings (SSSR count). The molecule has 1 aromatic heterocycles. The molecule has 1 aromatic rings. The first-order chi connectivity index (χ1) is 7.74. The molecule has 0 fully saturated rings. The maximum atomic E-state index is 12.5. The molecule has 0 amide bonds. The molecule has 0 saturated carbocycles. The van der Waals surface area contributed by atoms with E-state index >= 15 is 0 Å². The van der Waals surface area contributed by atoms with Gasteiger partial charge in [-0.1, -0.05) is 0 Å². The third-order valence-electron chi connectivity index (χ3n) is 1.59. The minimum atomic E-state index is -5.16. The van der Waals surface area contributed by atoms with Gasteiger partial charge in [-0.05, 0) is 0 Å². The highest BCUT2D eigenvalue weighted by Gasteiger charge is 2.34. The number of hydrogen-bond donors (Lipinski definition) is 1. The zero-order chi connectivity index (χ0) is 13.2. The van der Waals surface area contributed by atoms with Gasteiger partial charge in [0, 0.05) is 6.07 Å². The van der Waals surface area contributed by atoms with Crippen LogP contribution in [0.15, 0.2) is 6.07 Å². The van der Waals surface area contributed by atoms with Crippen molar-refractivity contribution in [2.24, 2.45) is 0 Å². The molecule has 4 nitrogen and oxygen atoms in total. The summed E-state index contributed by atoms with van der Waals surface area (Å²) < 4.78 is 64.2. The monoisotopic (exact) mass is 253 g/mol. The summed E-state index contributed by atoms with van der Waals surface area (Å²) in [4.78, 5) is 3.19. The van der Waals surface area contributed by atoms with E-state index in [1.807, 2.05) is 0 Å². The number of aromatic nitrogens is 1. The molecule has 0 aliphatic carbocycles. The number of nitrogens with two attached hydrogens (primary N) is 1. The van der Waals surface area contributed by atoms with Crippen LogP contribution in [0.3, 0.4) is 0 Å². The van der Waals surface area contributed by atoms with Gasteiger partial charge in [-0.3, -0.25) is 0 Å². The van der Waals surface area contributed by atoms with Gasteiger partial charge in [0.05, 0.1) is 5.56 Å². The molecule has 92 valence electrons. The highest BCUT2D eigenvalue weighted by Crippen LogP contribution is 2.35. The lowest BCUT2D eigenvalue weighted by Crippen LogP contribution is -2.19. The number of alkyl halides is 5. The molecule has 0 aliphatic rings. The topological polar surface area (TPSA) is 71.9 Å². The second-order valence-electron chi connectivity index (χ2n) is 2.77. The van der Waals surface area contributed by atoms with Crippen molar-refractivity contribution in [2.45, 2.75) is 12.8 Å². The predicted octanol–water partition coefficient (Wildman–Crippen LogP) is 2.37. The van der Waals surface area contributed by atoms with Gasteiger partial charge in [0.25, 0.3) is 6.43 Å². The number of halogens is 5. The number of hydrogen-bond acceptors (Lipinski definition) is 4. The van der Waals surface area contributed by atoms with Crippen LogP contribution in [-0.2, 0) is 0 Å². The molecule has 0 aliphatic heterocycles. The number of nitriles is 1. The van der Waals surface area contributed by atoms with E-state index in [1.54, 1.807) is 0 Å². The Labute approximate surface area is 91.4 Å². The van der Waals surface area contributed by atoms with Crippen LogP contribution in [0.1, 0.15) is 17.7 Å². The number of ether oxygens (including phenoxy) is 1. The van der Waals surface area contributed by atoms with Crippen molar-refractivity contribution in [1.82, 2.24) is 4.98 Å². The molecule has 1 heterocycles. The normalized spacial score (nSPS) is 11.4. The number of rotatable bonds is 2. The third-order valence-corrected chi connectivity index (χ3v) is 1.59. The van der Waals surface area contributed by atoms with Crippen LogP contribution in [0, 0.1) is 11.3 Å². The Hall–Kier alpha value is -2.11. The van der Waals surface area contributed by atoms with Gasteiger partial charge in [0.15, 0.2) is 5.69 Å². The minimum absolute atomic E-state index is 0.482. The van der Waals surface area contributed by atoms with E-state index in [2.05, 4.69) is 9.72 Å².